The van der Waals surface area contributed by atoms with E-state index in [0.717, 1.165) is 31.2 Å². The second-order valence-electron chi connectivity index (χ2n) is 3.69. The summed E-state index contributed by atoms with van der Waals surface area (Å²) >= 11 is 7.42. The Hall–Kier alpha value is -0.320. The zero-order valence-corrected chi connectivity index (χ0v) is 11.1. The molecule has 0 fully saturated rings. The van der Waals surface area contributed by atoms with Crippen LogP contribution in [0.2, 0.25) is 5.15 Å². The summed E-state index contributed by atoms with van der Waals surface area (Å²) in [4.78, 5) is 8.74. The SMILES string of the molecule is CCN(CCCN(C)C)c1nc(Cl)cs1. The van der Waals surface area contributed by atoms with Crippen LogP contribution in [-0.4, -0.2) is 43.6 Å². The molecular weight excluding hydrogens is 230 g/mol. The summed E-state index contributed by atoms with van der Waals surface area (Å²) in [5.74, 6) is 0. The van der Waals surface area contributed by atoms with Gasteiger partial charge in [-0.3, -0.25) is 0 Å². The van der Waals surface area contributed by atoms with E-state index < -0.39 is 0 Å². The molecule has 0 unspecified atom stereocenters. The van der Waals surface area contributed by atoms with Crippen molar-refractivity contribution in [3.05, 3.63) is 10.5 Å². The summed E-state index contributed by atoms with van der Waals surface area (Å²) in [6.45, 7) is 5.27. The lowest BCUT2D eigenvalue weighted by Crippen LogP contribution is -2.26. The van der Waals surface area contributed by atoms with Crippen molar-refractivity contribution >= 4 is 28.1 Å². The van der Waals surface area contributed by atoms with Crippen molar-refractivity contribution in [3.63, 3.8) is 0 Å². The predicted molar refractivity (Wildman–Crippen MR) is 68.2 cm³/mol. The Bertz CT molecular complexity index is 288. The van der Waals surface area contributed by atoms with Gasteiger partial charge in [-0.25, -0.2) is 4.98 Å². The first kappa shape index (κ1) is 12.7. The molecule has 1 aromatic rings. The quantitative estimate of drug-likeness (QED) is 0.770. The number of hydrogen-bond donors (Lipinski definition) is 0. The van der Waals surface area contributed by atoms with Crippen LogP contribution in [0.1, 0.15) is 13.3 Å². The van der Waals surface area contributed by atoms with E-state index in [-0.39, 0.29) is 0 Å². The van der Waals surface area contributed by atoms with Gasteiger partial charge in [-0.2, -0.15) is 0 Å². The second-order valence-corrected chi connectivity index (χ2v) is 4.91. The van der Waals surface area contributed by atoms with Crippen molar-refractivity contribution in [2.75, 3.05) is 38.6 Å². The van der Waals surface area contributed by atoms with Gasteiger partial charge in [0.2, 0.25) is 0 Å². The molecule has 0 saturated heterocycles. The van der Waals surface area contributed by atoms with Gasteiger partial charge in [-0.05, 0) is 34.0 Å². The summed E-state index contributed by atoms with van der Waals surface area (Å²) < 4.78 is 0. The number of nitrogens with zero attached hydrogens (tertiary/aromatic N) is 3. The molecule has 1 aromatic heterocycles. The molecule has 0 aromatic carbocycles. The first-order valence-electron chi connectivity index (χ1n) is 5.14. The lowest BCUT2D eigenvalue weighted by Gasteiger charge is -2.20. The Morgan fingerprint density at radius 3 is 2.60 bits per heavy atom. The number of aromatic nitrogens is 1. The van der Waals surface area contributed by atoms with E-state index in [1.165, 1.54) is 0 Å². The van der Waals surface area contributed by atoms with Crippen LogP contribution in [0.5, 0.6) is 0 Å². The summed E-state index contributed by atoms with van der Waals surface area (Å²) in [7, 11) is 4.19. The number of rotatable bonds is 6. The lowest BCUT2D eigenvalue weighted by molar-refractivity contribution is 0.400. The second kappa shape index (κ2) is 6.30. The molecule has 0 N–H and O–H groups in total. The predicted octanol–water partition coefficient (Wildman–Crippen LogP) is 2.57. The third-order valence-corrected chi connectivity index (χ3v) is 3.37. The average molecular weight is 248 g/mol. The van der Waals surface area contributed by atoms with Gasteiger partial charge in [0.1, 0.15) is 5.15 Å². The van der Waals surface area contributed by atoms with Gasteiger partial charge in [-0.15, -0.1) is 11.3 Å². The molecule has 0 radical (unpaired) electrons. The van der Waals surface area contributed by atoms with Crippen molar-refractivity contribution in [2.24, 2.45) is 0 Å². The fraction of sp³-hybridized carbons (Fsp3) is 0.700. The third-order valence-electron chi connectivity index (χ3n) is 2.15. The van der Waals surface area contributed by atoms with Crippen LogP contribution < -0.4 is 4.90 Å². The van der Waals surface area contributed by atoms with E-state index in [1.54, 1.807) is 11.3 Å². The van der Waals surface area contributed by atoms with Gasteiger partial charge in [-0.1, -0.05) is 11.6 Å². The summed E-state index contributed by atoms with van der Waals surface area (Å²) in [6, 6.07) is 0. The third kappa shape index (κ3) is 4.36. The molecule has 0 bridgehead atoms. The Kier molecular flexibility index (Phi) is 5.36. The molecule has 0 aliphatic rings. The van der Waals surface area contributed by atoms with E-state index in [9.17, 15) is 0 Å². The van der Waals surface area contributed by atoms with Crippen molar-refractivity contribution < 1.29 is 0 Å². The maximum Gasteiger partial charge on any atom is 0.186 e. The Labute approximate surface area is 101 Å². The van der Waals surface area contributed by atoms with Gasteiger partial charge in [0.15, 0.2) is 5.13 Å². The van der Waals surface area contributed by atoms with Crippen LogP contribution in [-0.2, 0) is 0 Å². The van der Waals surface area contributed by atoms with Crippen LogP contribution in [0.3, 0.4) is 0 Å². The number of thiazole rings is 1. The number of anilines is 1. The molecule has 0 amide bonds. The van der Waals surface area contributed by atoms with Crippen LogP contribution in [0.4, 0.5) is 5.13 Å². The molecule has 0 aliphatic heterocycles. The maximum atomic E-state index is 5.81. The molecule has 86 valence electrons. The Balaban J connectivity index is 2.42. The van der Waals surface area contributed by atoms with Gasteiger partial charge < -0.3 is 9.80 Å². The normalized spacial score (nSPS) is 11.0. The monoisotopic (exact) mass is 247 g/mol. The average Bonchev–Trinajstić information content (AvgIpc) is 2.59. The molecule has 1 rings (SSSR count). The maximum absolute atomic E-state index is 5.81. The minimum absolute atomic E-state index is 0.598. The standard InChI is InChI=1S/C10H18ClN3S/c1-4-14(7-5-6-13(2)3)10-12-9(11)8-15-10/h8H,4-7H2,1-3H3. The molecular formula is C10H18ClN3S. The highest BCUT2D eigenvalue weighted by Crippen LogP contribution is 2.23. The molecule has 3 nitrogen and oxygen atoms in total. The van der Waals surface area contributed by atoms with E-state index in [0.29, 0.717) is 5.15 Å². The summed E-state index contributed by atoms with van der Waals surface area (Å²) in [5.41, 5.74) is 0. The largest absolute Gasteiger partial charge is 0.348 e. The molecule has 0 saturated carbocycles. The first-order valence-corrected chi connectivity index (χ1v) is 6.40. The van der Waals surface area contributed by atoms with Gasteiger partial charge in [0.25, 0.3) is 0 Å². The highest BCUT2D eigenvalue weighted by Gasteiger charge is 2.08. The van der Waals surface area contributed by atoms with Crippen molar-refractivity contribution in [3.8, 4) is 0 Å². The topological polar surface area (TPSA) is 19.4 Å². The van der Waals surface area contributed by atoms with Crippen molar-refractivity contribution in [2.45, 2.75) is 13.3 Å². The van der Waals surface area contributed by atoms with Crippen LogP contribution in [0.15, 0.2) is 5.38 Å². The molecule has 15 heavy (non-hydrogen) atoms. The lowest BCUT2D eigenvalue weighted by atomic mass is 10.4. The molecule has 0 atom stereocenters. The van der Waals surface area contributed by atoms with Crippen LogP contribution >= 0.6 is 22.9 Å². The van der Waals surface area contributed by atoms with Gasteiger partial charge in [0, 0.05) is 18.5 Å². The van der Waals surface area contributed by atoms with Gasteiger partial charge >= 0.3 is 0 Å². The first-order chi connectivity index (χ1) is 7.13. The minimum atomic E-state index is 0.598. The van der Waals surface area contributed by atoms with E-state index >= 15 is 0 Å². The summed E-state index contributed by atoms with van der Waals surface area (Å²) in [5, 5.41) is 3.51. The Morgan fingerprint density at radius 2 is 2.13 bits per heavy atom. The number of hydrogen-bond acceptors (Lipinski definition) is 4. The van der Waals surface area contributed by atoms with Gasteiger partial charge in [0.05, 0.1) is 0 Å². The van der Waals surface area contributed by atoms with E-state index in [2.05, 4.69) is 35.8 Å². The minimum Gasteiger partial charge on any atom is -0.348 e. The van der Waals surface area contributed by atoms with Crippen molar-refractivity contribution in [1.82, 2.24) is 9.88 Å². The number of halogens is 1. The van der Waals surface area contributed by atoms with E-state index in [4.69, 9.17) is 11.6 Å². The fourth-order valence-electron chi connectivity index (χ4n) is 1.36. The smallest absolute Gasteiger partial charge is 0.186 e. The van der Waals surface area contributed by atoms with E-state index in [1.807, 2.05) is 5.38 Å². The van der Waals surface area contributed by atoms with Crippen LogP contribution in [0.25, 0.3) is 0 Å². The highest BCUT2D eigenvalue weighted by molar-refractivity contribution is 7.14. The highest BCUT2D eigenvalue weighted by atomic mass is 35.5. The zero-order valence-electron chi connectivity index (χ0n) is 9.53. The Morgan fingerprint density at radius 1 is 1.40 bits per heavy atom. The summed E-state index contributed by atoms with van der Waals surface area (Å²) in [6.07, 6.45) is 1.15. The molecule has 0 spiro atoms. The zero-order chi connectivity index (χ0) is 11.3. The molecule has 1 heterocycles. The molecule has 0 aliphatic carbocycles. The van der Waals surface area contributed by atoms with Crippen LogP contribution in [0, 0.1) is 0 Å². The molecule has 5 heteroatoms. The fourth-order valence-corrected chi connectivity index (χ4v) is 2.40. The van der Waals surface area contributed by atoms with Crippen molar-refractivity contribution in [1.29, 1.82) is 0 Å².